The third-order valence-electron chi connectivity index (χ3n) is 8.29. The summed E-state index contributed by atoms with van der Waals surface area (Å²) in [6, 6.07) is 35.5. The average molecular weight is 522 g/mol. The van der Waals surface area contributed by atoms with E-state index >= 15 is 0 Å². The predicted molar refractivity (Wildman–Crippen MR) is 170 cm³/mol. The molecule has 0 radical (unpaired) electrons. The van der Waals surface area contributed by atoms with E-state index in [1.807, 2.05) is 0 Å². The summed E-state index contributed by atoms with van der Waals surface area (Å²) in [7, 11) is 0. The van der Waals surface area contributed by atoms with Crippen molar-refractivity contribution in [2.75, 3.05) is 0 Å². The molecular formula is C37H35N3. The Morgan fingerprint density at radius 1 is 0.475 bits per heavy atom. The minimum Gasteiger partial charge on any atom is -0.307 e. The number of para-hydroxylation sites is 2. The molecule has 0 amide bonds. The number of nitrogens with zero attached hydrogens (tertiary/aromatic N) is 3. The fourth-order valence-corrected chi connectivity index (χ4v) is 6.09. The quantitative estimate of drug-likeness (QED) is 0.222. The number of hydrogen-bond donors (Lipinski definition) is 0. The highest BCUT2D eigenvalue weighted by Crippen LogP contribution is 2.41. The van der Waals surface area contributed by atoms with E-state index in [4.69, 9.17) is 4.98 Å². The van der Waals surface area contributed by atoms with Gasteiger partial charge in [0.1, 0.15) is 0 Å². The third kappa shape index (κ3) is 3.68. The van der Waals surface area contributed by atoms with Gasteiger partial charge in [-0.3, -0.25) is 4.98 Å². The average Bonchev–Trinajstić information content (AvgIpc) is 3.45. The molecule has 0 atom stereocenters. The molecule has 0 N–H and O–H groups in total. The summed E-state index contributed by atoms with van der Waals surface area (Å²) in [6.45, 7) is 13.6. The summed E-state index contributed by atoms with van der Waals surface area (Å²) in [6.07, 6.45) is 2.07. The van der Waals surface area contributed by atoms with E-state index in [1.165, 1.54) is 43.8 Å². The number of pyridine rings is 1. The van der Waals surface area contributed by atoms with Gasteiger partial charge in [-0.1, -0.05) is 102 Å². The van der Waals surface area contributed by atoms with Crippen molar-refractivity contribution in [3.05, 3.63) is 114 Å². The van der Waals surface area contributed by atoms with Crippen LogP contribution in [0.3, 0.4) is 0 Å². The van der Waals surface area contributed by atoms with Crippen molar-refractivity contribution in [2.24, 2.45) is 0 Å². The molecule has 4 aromatic carbocycles. The van der Waals surface area contributed by atoms with Gasteiger partial charge < -0.3 is 9.13 Å². The van der Waals surface area contributed by atoms with Gasteiger partial charge in [0.2, 0.25) is 0 Å². The Kier molecular flexibility index (Phi) is 5.28. The van der Waals surface area contributed by atoms with Crippen molar-refractivity contribution in [2.45, 2.75) is 52.4 Å². The van der Waals surface area contributed by atoms with Crippen molar-refractivity contribution in [3.8, 4) is 11.4 Å². The van der Waals surface area contributed by atoms with Crippen LogP contribution in [0.4, 0.5) is 0 Å². The first-order chi connectivity index (χ1) is 19.1. The number of benzene rings is 4. The van der Waals surface area contributed by atoms with Gasteiger partial charge in [-0.15, -0.1) is 0 Å². The lowest BCUT2D eigenvalue weighted by Gasteiger charge is -2.20. The molecule has 7 rings (SSSR count). The molecule has 3 aromatic heterocycles. The first-order valence-electron chi connectivity index (χ1n) is 14.2. The molecule has 0 aliphatic heterocycles. The summed E-state index contributed by atoms with van der Waals surface area (Å²) in [5, 5.41) is 3.55. The maximum atomic E-state index is 5.11. The highest BCUT2D eigenvalue weighted by Gasteiger charge is 2.23. The van der Waals surface area contributed by atoms with Gasteiger partial charge >= 0.3 is 0 Å². The summed E-state index contributed by atoms with van der Waals surface area (Å²) in [5.41, 5.74) is 10.9. The van der Waals surface area contributed by atoms with Crippen LogP contribution in [0.1, 0.15) is 52.7 Å². The normalized spacial score (nSPS) is 12.8. The van der Waals surface area contributed by atoms with Crippen molar-refractivity contribution in [3.63, 3.8) is 0 Å². The molecule has 40 heavy (non-hydrogen) atoms. The van der Waals surface area contributed by atoms with E-state index in [0.29, 0.717) is 0 Å². The predicted octanol–water partition coefficient (Wildman–Crippen LogP) is 9.87. The standard InChI is InChI=1S/C37H35N3/c1-36(2,3)24-15-19-26(20-16-24)39-31-13-9-7-11-28(31)30-23-38-33-29-12-8-10-14-32(29)40(35(33)34(30)39)27-21-17-25(18-22-27)37(4,5)6/h7-23H,1-6H3. The van der Waals surface area contributed by atoms with Crippen LogP contribution in [-0.2, 0) is 10.8 Å². The maximum Gasteiger partial charge on any atom is 0.0985 e. The fourth-order valence-electron chi connectivity index (χ4n) is 6.09. The molecule has 3 heterocycles. The molecule has 0 bridgehead atoms. The number of hydrogen-bond acceptors (Lipinski definition) is 1. The van der Waals surface area contributed by atoms with Crippen molar-refractivity contribution in [1.82, 2.24) is 14.1 Å². The van der Waals surface area contributed by atoms with E-state index < -0.39 is 0 Å². The summed E-state index contributed by atoms with van der Waals surface area (Å²) < 4.78 is 4.84. The van der Waals surface area contributed by atoms with E-state index in [-0.39, 0.29) is 10.8 Å². The summed E-state index contributed by atoms with van der Waals surface area (Å²) in [5.74, 6) is 0. The number of fused-ring (bicyclic) bond motifs is 7. The van der Waals surface area contributed by atoms with Crippen LogP contribution in [0.15, 0.2) is 103 Å². The minimum absolute atomic E-state index is 0.0970. The molecule has 0 aliphatic carbocycles. The van der Waals surface area contributed by atoms with Gasteiger partial charge in [0.25, 0.3) is 0 Å². The van der Waals surface area contributed by atoms with Crippen LogP contribution in [0.25, 0.3) is 55.1 Å². The van der Waals surface area contributed by atoms with E-state index in [1.54, 1.807) is 0 Å². The second-order valence-electron chi connectivity index (χ2n) is 13.0. The topological polar surface area (TPSA) is 22.8 Å². The van der Waals surface area contributed by atoms with Crippen LogP contribution >= 0.6 is 0 Å². The zero-order valence-corrected chi connectivity index (χ0v) is 24.2. The molecule has 0 spiro atoms. The van der Waals surface area contributed by atoms with Gasteiger partial charge in [0.05, 0.1) is 27.6 Å². The number of rotatable bonds is 2. The van der Waals surface area contributed by atoms with E-state index in [9.17, 15) is 0 Å². The van der Waals surface area contributed by atoms with Gasteiger partial charge in [0.15, 0.2) is 0 Å². The summed E-state index contributed by atoms with van der Waals surface area (Å²) in [4.78, 5) is 5.11. The molecule has 7 aromatic rings. The van der Waals surface area contributed by atoms with Crippen LogP contribution in [-0.4, -0.2) is 14.1 Å². The second kappa shape index (κ2) is 8.56. The third-order valence-corrected chi connectivity index (χ3v) is 8.29. The SMILES string of the molecule is CC(C)(C)c1ccc(-n2c3ccccc3c3cnc4c5ccccc5n(-c5ccc(C(C)(C)C)cc5)c4c32)cc1. The summed E-state index contributed by atoms with van der Waals surface area (Å²) >= 11 is 0. The smallest absolute Gasteiger partial charge is 0.0985 e. The van der Waals surface area contributed by atoms with Crippen LogP contribution in [0.2, 0.25) is 0 Å². The largest absolute Gasteiger partial charge is 0.307 e. The van der Waals surface area contributed by atoms with E-state index in [2.05, 4.69) is 154 Å². The fraction of sp³-hybridized carbons (Fsp3) is 0.216. The van der Waals surface area contributed by atoms with Gasteiger partial charge in [-0.05, 0) is 58.4 Å². The Bertz CT molecular complexity index is 1890. The van der Waals surface area contributed by atoms with Crippen LogP contribution in [0.5, 0.6) is 0 Å². The zero-order chi connectivity index (χ0) is 27.8. The van der Waals surface area contributed by atoms with Crippen molar-refractivity contribution < 1.29 is 0 Å². The zero-order valence-electron chi connectivity index (χ0n) is 24.2. The lowest BCUT2D eigenvalue weighted by atomic mass is 9.87. The van der Waals surface area contributed by atoms with Crippen molar-refractivity contribution >= 4 is 43.7 Å². The molecular weight excluding hydrogens is 486 g/mol. The van der Waals surface area contributed by atoms with Crippen LogP contribution in [0, 0.1) is 0 Å². The molecule has 0 aliphatic rings. The van der Waals surface area contributed by atoms with Crippen LogP contribution < -0.4 is 0 Å². The Balaban J connectivity index is 1.63. The Hall–Kier alpha value is -4.37. The molecule has 3 heteroatoms. The Labute approximate surface area is 235 Å². The lowest BCUT2D eigenvalue weighted by Crippen LogP contribution is -2.11. The molecule has 198 valence electrons. The molecule has 0 saturated heterocycles. The van der Waals surface area contributed by atoms with Crippen molar-refractivity contribution in [1.29, 1.82) is 0 Å². The maximum absolute atomic E-state index is 5.11. The van der Waals surface area contributed by atoms with Gasteiger partial charge in [0, 0.05) is 33.7 Å². The van der Waals surface area contributed by atoms with E-state index in [0.717, 1.165) is 22.4 Å². The highest BCUT2D eigenvalue weighted by molar-refractivity contribution is 6.22. The molecule has 0 fully saturated rings. The monoisotopic (exact) mass is 521 g/mol. The lowest BCUT2D eigenvalue weighted by molar-refractivity contribution is 0.590. The first-order valence-corrected chi connectivity index (χ1v) is 14.2. The Morgan fingerprint density at radius 2 is 0.925 bits per heavy atom. The minimum atomic E-state index is 0.0970. The van der Waals surface area contributed by atoms with Gasteiger partial charge in [-0.2, -0.15) is 0 Å². The highest BCUT2D eigenvalue weighted by atomic mass is 15.1. The van der Waals surface area contributed by atoms with Gasteiger partial charge in [-0.25, -0.2) is 0 Å². The second-order valence-corrected chi connectivity index (χ2v) is 13.0. The molecule has 0 saturated carbocycles. The Morgan fingerprint density at radius 3 is 1.45 bits per heavy atom. The molecule has 0 unspecified atom stereocenters. The number of aromatic nitrogens is 3. The molecule has 3 nitrogen and oxygen atoms in total. The first kappa shape index (κ1) is 24.7.